The standard InChI is InChI=1S/C51H42N2/c1-3-4-20-48-34(2)41-29-24-36(42-18-12-19-44-43-16-9-8-13-38(43)33-46(42)44)25-30-50(41)52(48)40-27-22-35(23-28-40)37-26-31-51-47(32-37)45-17-10-11-21-49(45)53(51)39-14-6-5-7-15-39/h4-6,8-14,16-28,30-32H,3,7,15,29,33H2,1-2H3/b20-4-. The predicted molar refractivity (Wildman–Crippen MR) is 226 cm³/mol. The van der Waals surface area contributed by atoms with Crippen LogP contribution in [0.4, 0.5) is 0 Å². The van der Waals surface area contributed by atoms with E-state index in [0.29, 0.717) is 0 Å². The predicted octanol–water partition coefficient (Wildman–Crippen LogP) is 13.4. The minimum Gasteiger partial charge on any atom is -0.313 e. The van der Waals surface area contributed by atoms with Gasteiger partial charge in [0.15, 0.2) is 0 Å². The maximum atomic E-state index is 2.47. The topological polar surface area (TPSA) is 9.86 Å². The van der Waals surface area contributed by atoms with Crippen molar-refractivity contribution in [2.75, 3.05) is 0 Å². The molecule has 2 heterocycles. The highest BCUT2D eigenvalue weighted by atomic mass is 15.0. The molecule has 0 atom stereocenters. The monoisotopic (exact) mass is 682 g/mol. The van der Waals surface area contributed by atoms with Gasteiger partial charge >= 0.3 is 0 Å². The van der Waals surface area contributed by atoms with Crippen LogP contribution in [0.3, 0.4) is 0 Å². The average molecular weight is 683 g/mol. The van der Waals surface area contributed by atoms with Crippen LogP contribution < -0.4 is 0 Å². The van der Waals surface area contributed by atoms with E-state index in [1.807, 2.05) is 0 Å². The Morgan fingerprint density at radius 1 is 0.698 bits per heavy atom. The summed E-state index contributed by atoms with van der Waals surface area (Å²) >= 11 is 0. The fourth-order valence-corrected chi connectivity index (χ4v) is 9.04. The van der Waals surface area contributed by atoms with E-state index in [-0.39, 0.29) is 0 Å². The van der Waals surface area contributed by atoms with Crippen LogP contribution in [0.15, 0.2) is 146 Å². The van der Waals surface area contributed by atoms with Crippen molar-refractivity contribution < 1.29 is 0 Å². The molecule has 3 aliphatic carbocycles. The first-order valence-corrected chi connectivity index (χ1v) is 19.2. The molecule has 5 aromatic carbocycles. The van der Waals surface area contributed by atoms with Crippen LogP contribution in [0, 0.1) is 6.92 Å². The highest BCUT2D eigenvalue weighted by Gasteiger charge is 2.24. The summed E-state index contributed by atoms with van der Waals surface area (Å²) in [6.45, 7) is 4.51. The molecule has 0 unspecified atom stereocenters. The number of benzene rings is 5. The van der Waals surface area contributed by atoms with Crippen molar-refractivity contribution in [1.29, 1.82) is 0 Å². The third-order valence-electron chi connectivity index (χ3n) is 11.7. The summed E-state index contributed by atoms with van der Waals surface area (Å²) in [6.07, 6.45) is 23.5. The molecule has 3 aliphatic rings. The fraction of sp³-hybridized carbons (Fsp3) is 0.137. The SMILES string of the molecule is CC/C=C\c1c(C)c2c(n1-c1ccc(-c3ccc4c(c3)c3ccccc3n4C3=CC=CCC3)cc1)C=CC(c1cccc3c1Cc1ccccc1-3)=CC2. The van der Waals surface area contributed by atoms with Crippen molar-refractivity contribution in [3.63, 3.8) is 0 Å². The van der Waals surface area contributed by atoms with Crippen molar-refractivity contribution in [2.45, 2.75) is 46.0 Å². The highest BCUT2D eigenvalue weighted by Crippen LogP contribution is 2.42. The Bertz CT molecular complexity index is 2750. The van der Waals surface area contributed by atoms with Gasteiger partial charge in [0.1, 0.15) is 0 Å². The molecule has 2 aromatic heterocycles. The molecule has 2 heteroatoms. The number of para-hydroxylation sites is 1. The molecule has 2 nitrogen and oxygen atoms in total. The zero-order chi connectivity index (χ0) is 35.5. The van der Waals surface area contributed by atoms with Crippen LogP contribution in [0.5, 0.6) is 0 Å². The van der Waals surface area contributed by atoms with Crippen molar-refractivity contribution in [2.24, 2.45) is 0 Å². The van der Waals surface area contributed by atoms with Gasteiger partial charge in [-0.05, 0) is 143 Å². The van der Waals surface area contributed by atoms with Crippen molar-refractivity contribution in [3.05, 3.63) is 185 Å². The van der Waals surface area contributed by atoms with Gasteiger partial charge in [-0.1, -0.05) is 116 Å². The Kier molecular flexibility index (Phi) is 7.65. The Morgan fingerprint density at radius 3 is 2.36 bits per heavy atom. The van der Waals surface area contributed by atoms with E-state index in [1.165, 1.54) is 100 Å². The highest BCUT2D eigenvalue weighted by molar-refractivity contribution is 6.11. The smallest absolute Gasteiger partial charge is 0.0538 e. The van der Waals surface area contributed by atoms with Crippen LogP contribution >= 0.6 is 0 Å². The molecular formula is C51H42N2. The van der Waals surface area contributed by atoms with Crippen LogP contribution in [-0.4, -0.2) is 9.13 Å². The van der Waals surface area contributed by atoms with E-state index in [1.54, 1.807) is 0 Å². The van der Waals surface area contributed by atoms with E-state index >= 15 is 0 Å². The van der Waals surface area contributed by atoms with Gasteiger partial charge in [0.2, 0.25) is 0 Å². The molecule has 53 heavy (non-hydrogen) atoms. The van der Waals surface area contributed by atoms with Gasteiger partial charge in [-0.25, -0.2) is 0 Å². The number of aromatic nitrogens is 2. The number of fused-ring (bicyclic) bond motifs is 7. The average Bonchev–Trinajstić information content (AvgIpc) is 3.77. The molecule has 0 amide bonds. The largest absolute Gasteiger partial charge is 0.313 e. The summed E-state index contributed by atoms with van der Waals surface area (Å²) in [5.41, 5.74) is 21.2. The lowest BCUT2D eigenvalue weighted by molar-refractivity contribution is 0.979. The molecule has 0 fully saturated rings. The quantitative estimate of drug-likeness (QED) is 0.165. The second kappa shape index (κ2) is 12.8. The van der Waals surface area contributed by atoms with Crippen LogP contribution in [0.1, 0.15) is 65.4 Å². The third kappa shape index (κ3) is 5.16. The first kappa shape index (κ1) is 31.6. The molecule has 0 saturated carbocycles. The number of hydrogen-bond acceptors (Lipinski definition) is 0. The molecule has 7 aromatic rings. The summed E-state index contributed by atoms with van der Waals surface area (Å²) in [6, 6.07) is 40.7. The summed E-state index contributed by atoms with van der Waals surface area (Å²) < 4.78 is 4.94. The Balaban J connectivity index is 1.03. The van der Waals surface area contributed by atoms with Crippen LogP contribution in [-0.2, 0) is 12.8 Å². The van der Waals surface area contributed by atoms with Crippen molar-refractivity contribution >= 4 is 45.2 Å². The molecule has 10 rings (SSSR count). The van der Waals surface area contributed by atoms with E-state index in [0.717, 1.165) is 32.1 Å². The second-order valence-electron chi connectivity index (χ2n) is 14.6. The van der Waals surface area contributed by atoms with E-state index in [4.69, 9.17) is 0 Å². The molecule has 0 spiro atoms. The summed E-state index contributed by atoms with van der Waals surface area (Å²) in [7, 11) is 0. The lowest BCUT2D eigenvalue weighted by Crippen LogP contribution is -2.00. The van der Waals surface area contributed by atoms with Gasteiger partial charge in [-0.3, -0.25) is 0 Å². The molecule has 0 radical (unpaired) electrons. The minimum atomic E-state index is 0.902. The van der Waals surface area contributed by atoms with E-state index < -0.39 is 0 Å². The second-order valence-corrected chi connectivity index (χ2v) is 14.6. The van der Waals surface area contributed by atoms with Gasteiger partial charge in [0, 0.05) is 27.9 Å². The van der Waals surface area contributed by atoms with Gasteiger partial charge in [0.25, 0.3) is 0 Å². The van der Waals surface area contributed by atoms with Crippen molar-refractivity contribution in [1.82, 2.24) is 9.13 Å². The van der Waals surface area contributed by atoms with E-state index in [2.05, 4.69) is 181 Å². The van der Waals surface area contributed by atoms with Crippen molar-refractivity contribution in [3.8, 4) is 27.9 Å². The number of allylic oxidation sites excluding steroid dienone is 8. The normalized spacial score (nSPS) is 14.8. The summed E-state index contributed by atoms with van der Waals surface area (Å²) in [4.78, 5) is 0. The number of rotatable bonds is 6. The van der Waals surface area contributed by atoms with Gasteiger partial charge in [-0.15, -0.1) is 0 Å². The minimum absolute atomic E-state index is 0.902. The molecule has 0 N–H and O–H groups in total. The fourth-order valence-electron chi connectivity index (χ4n) is 9.04. The first-order valence-electron chi connectivity index (χ1n) is 19.2. The van der Waals surface area contributed by atoms with Crippen LogP contribution in [0.2, 0.25) is 0 Å². The molecule has 0 aliphatic heterocycles. The van der Waals surface area contributed by atoms with Gasteiger partial charge < -0.3 is 9.13 Å². The van der Waals surface area contributed by atoms with Gasteiger partial charge in [-0.2, -0.15) is 0 Å². The Morgan fingerprint density at radius 2 is 1.49 bits per heavy atom. The summed E-state index contributed by atoms with van der Waals surface area (Å²) in [5.74, 6) is 0. The third-order valence-corrected chi connectivity index (χ3v) is 11.7. The number of nitrogens with zero attached hydrogens (tertiary/aromatic N) is 2. The lowest BCUT2D eigenvalue weighted by atomic mass is 9.94. The maximum absolute atomic E-state index is 2.47. The molecule has 0 saturated heterocycles. The van der Waals surface area contributed by atoms with E-state index in [9.17, 15) is 0 Å². The molecular weight excluding hydrogens is 641 g/mol. The lowest BCUT2D eigenvalue weighted by Gasteiger charge is -2.14. The summed E-state index contributed by atoms with van der Waals surface area (Å²) in [5, 5.41) is 2.61. The van der Waals surface area contributed by atoms with Gasteiger partial charge in [0.05, 0.1) is 16.7 Å². The zero-order valence-electron chi connectivity index (χ0n) is 30.4. The van der Waals surface area contributed by atoms with Crippen LogP contribution in [0.25, 0.3) is 73.2 Å². The number of hydrogen-bond donors (Lipinski definition) is 0. The molecule has 0 bridgehead atoms. The molecule has 256 valence electrons. The Labute approximate surface area is 312 Å². The Hall–Kier alpha value is -6.12. The zero-order valence-corrected chi connectivity index (χ0v) is 30.4. The first-order chi connectivity index (χ1) is 26.2. The maximum Gasteiger partial charge on any atom is 0.0538 e.